The first-order valence-electron chi connectivity index (χ1n) is 18.5. The van der Waals surface area contributed by atoms with Crippen LogP contribution in [0.1, 0.15) is 68.7 Å². The molecule has 2 saturated heterocycles. The molecule has 2 aromatic carbocycles. The van der Waals surface area contributed by atoms with Gasteiger partial charge in [-0.2, -0.15) is 0 Å². The Morgan fingerprint density at radius 2 is 0.964 bits per heavy atom. The highest BCUT2D eigenvalue weighted by atomic mass is 28.4. The highest BCUT2D eigenvalue weighted by Gasteiger charge is 2.57. The summed E-state index contributed by atoms with van der Waals surface area (Å²) in [4.78, 5) is 74.4. The number of esters is 6. The number of benzene rings is 2. The number of rotatable bonds is 14. The first-order valence-corrected chi connectivity index (χ1v) is 20.4. The highest BCUT2D eigenvalue weighted by molar-refractivity contribution is 6.99. The van der Waals surface area contributed by atoms with E-state index in [1.807, 2.05) is 60.7 Å². The van der Waals surface area contributed by atoms with Gasteiger partial charge in [-0.1, -0.05) is 81.4 Å². The largest absolute Gasteiger partial charge is 0.463 e. The van der Waals surface area contributed by atoms with Crippen LogP contribution in [-0.4, -0.2) is 112 Å². The number of hydrogen-bond donors (Lipinski definition) is 1. The summed E-state index contributed by atoms with van der Waals surface area (Å²) in [6.07, 6.45) is -8.67. The highest BCUT2D eigenvalue weighted by Crippen LogP contribution is 2.38. The second-order valence-electron chi connectivity index (χ2n) is 15.0. The standard InChI is InChI=1S/C40H53NO14Si/c1-23(42)48-22-34-38(53-27(5)46)39(54-28(6)47)37(52-26(4)45)33(55-34)20-31-35(50-24(2)43)36(51-25(3)44)32(41-31)21-49-56(40(7,8)9,29-16-12-10-13-17-29)30-18-14-11-15-19-30/h10-19,31-39,41H,20-22H2,1-9H3/t31-,32+,33+,34+,35+,36+,37-,38+,39+/m0/s1. The molecule has 2 aliphatic rings. The van der Waals surface area contributed by atoms with Gasteiger partial charge in [-0.15, -0.1) is 0 Å². The van der Waals surface area contributed by atoms with Crippen LogP contribution in [0.3, 0.4) is 0 Å². The molecule has 56 heavy (non-hydrogen) atoms. The minimum atomic E-state index is -3.11. The van der Waals surface area contributed by atoms with Crippen molar-refractivity contribution in [3.8, 4) is 0 Å². The summed E-state index contributed by atoms with van der Waals surface area (Å²) in [5.74, 6) is -4.23. The quantitative estimate of drug-likeness (QED) is 0.166. The second kappa shape index (κ2) is 19.0. The average Bonchev–Trinajstić information content (AvgIpc) is 3.40. The van der Waals surface area contributed by atoms with Gasteiger partial charge >= 0.3 is 35.8 Å². The summed E-state index contributed by atoms with van der Waals surface area (Å²) in [7, 11) is -3.11. The molecule has 16 heteroatoms. The molecular weight excluding hydrogens is 747 g/mol. The van der Waals surface area contributed by atoms with Crippen LogP contribution in [0.5, 0.6) is 0 Å². The molecule has 4 rings (SSSR count). The number of nitrogens with one attached hydrogen (secondary N) is 1. The number of ether oxygens (including phenoxy) is 7. The molecular formula is C40H53NO14Si. The van der Waals surface area contributed by atoms with E-state index in [1.54, 1.807) is 0 Å². The zero-order valence-electron chi connectivity index (χ0n) is 33.3. The van der Waals surface area contributed by atoms with Gasteiger partial charge in [-0.25, -0.2) is 0 Å². The molecule has 0 saturated carbocycles. The van der Waals surface area contributed by atoms with Crippen LogP contribution in [0.15, 0.2) is 60.7 Å². The monoisotopic (exact) mass is 799 g/mol. The van der Waals surface area contributed by atoms with Gasteiger partial charge in [0.05, 0.1) is 18.7 Å². The molecule has 0 unspecified atom stereocenters. The van der Waals surface area contributed by atoms with Crippen LogP contribution in [0.2, 0.25) is 5.04 Å². The molecule has 2 aliphatic heterocycles. The fourth-order valence-electron chi connectivity index (χ4n) is 7.68. The fraction of sp³-hybridized carbons (Fsp3) is 0.550. The Morgan fingerprint density at radius 3 is 1.39 bits per heavy atom. The predicted molar refractivity (Wildman–Crippen MR) is 202 cm³/mol. The Labute approximate surface area is 328 Å². The Bertz CT molecular complexity index is 1660. The van der Waals surface area contributed by atoms with Gasteiger partial charge < -0.3 is 42.9 Å². The van der Waals surface area contributed by atoms with Crippen molar-refractivity contribution in [3.05, 3.63) is 60.7 Å². The molecule has 0 spiro atoms. The molecule has 306 valence electrons. The lowest BCUT2D eigenvalue weighted by atomic mass is 9.89. The first-order chi connectivity index (χ1) is 26.3. The van der Waals surface area contributed by atoms with Crippen molar-refractivity contribution >= 4 is 54.5 Å². The van der Waals surface area contributed by atoms with Crippen molar-refractivity contribution in [3.63, 3.8) is 0 Å². The maximum absolute atomic E-state index is 12.7. The van der Waals surface area contributed by atoms with Crippen LogP contribution < -0.4 is 15.7 Å². The predicted octanol–water partition coefficient (Wildman–Crippen LogP) is 2.28. The maximum atomic E-state index is 12.7. The van der Waals surface area contributed by atoms with Crippen molar-refractivity contribution in [2.45, 2.75) is 129 Å². The Morgan fingerprint density at radius 1 is 0.554 bits per heavy atom. The first kappa shape index (κ1) is 44.1. The lowest BCUT2D eigenvalue weighted by Crippen LogP contribution is -2.67. The summed E-state index contributed by atoms with van der Waals surface area (Å²) in [6.45, 7) is 13.1. The van der Waals surface area contributed by atoms with Crippen LogP contribution in [0.25, 0.3) is 0 Å². The third-order valence-corrected chi connectivity index (χ3v) is 14.6. The molecule has 2 aromatic rings. The van der Waals surface area contributed by atoms with Crippen molar-refractivity contribution in [2.75, 3.05) is 13.2 Å². The van der Waals surface area contributed by atoms with Crippen molar-refractivity contribution < 1.29 is 66.4 Å². The maximum Gasteiger partial charge on any atom is 0.303 e. The SMILES string of the molecule is CC(=O)OC[C@H]1O[C@H](C[C@@H]2N[C@H](CO[Si](c3ccccc3)(c3ccccc3)C(C)(C)C)[C@@H](OC(C)=O)[C@@H]2OC(C)=O)[C@H](OC(C)=O)[C@@H](OC(C)=O)[C@@H]1OC(C)=O. The van der Waals surface area contributed by atoms with Gasteiger partial charge in [0.2, 0.25) is 0 Å². The second-order valence-corrected chi connectivity index (χ2v) is 19.3. The van der Waals surface area contributed by atoms with Crippen molar-refractivity contribution in [1.29, 1.82) is 0 Å². The smallest absolute Gasteiger partial charge is 0.303 e. The van der Waals surface area contributed by atoms with E-state index in [1.165, 1.54) is 20.8 Å². The molecule has 9 atom stereocenters. The molecule has 0 radical (unpaired) electrons. The zero-order valence-corrected chi connectivity index (χ0v) is 34.3. The average molecular weight is 800 g/mol. The van der Waals surface area contributed by atoms with E-state index in [9.17, 15) is 28.8 Å². The molecule has 1 N–H and O–H groups in total. The lowest BCUT2D eigenvalue weighted by Gasteiger charge is -2.45. The van der Waals surface area contributed by atoms with Gasteiger partial charge in [0.1, 0.15) is 18.8 Å². The fourth-order valence-corrected chi connectivity index (χ4v) is 12.3. The molecule has 0 bridgehead atoms. The van der Waals surface area contributed by atoms with Gasteiger partial charge in [-0.3, -0.25) is 28.8 Å². The van der Waals surface area contributed by atoms with Gasteiger partial charge in [0.15, 0.2) is 30.5 Å². The topological polar surface area (TPSA) is 188 Å². The van der Waals surface area contributed by atoms with E-state index in [2.05, 4.69) is 26.1 Å². The Kier molecular flexibility index (Phi) is 15.0. The molecule has 0 aromatic heterocycles. The molecule has 0 aliphatic carbocycles. The zero-order chi connectivity index (χ0) is 41.4. The van der Waals surface area contributed by atoms with E-state index in [0.717, 1.165) is 31.1 Å². The minimum Gasteiger partial charge on any atom is -0.463 e. The van der Waals surface area contributed by atoms with E-state index < -0.39 is 111 Å². The minimum absolute atomic E-state index is 0.0120. The van der Waals surface area contributed by atoms with Gasteiger partial charge in [-0.05, 0) is 21.8 Å². The number of carbonyl (C=O) groups is 6. The number of carbonyl (C=O) groups excluding carboxylic acids is 6. The third kappa shape index (κ3) is 10.8. The van der Waals surface area contributed by atoms with Crippen LogP contribution in [0, 0.1) is 0 Å². The third-order valence-electron chi connectivity index (χ3n) is 9.62. The molecule has 2 heterocycles. The summed E-state index contributed by atoms with van der Waals surface area (Å²) < 4.78 is 47.4. The lowest BCUT2D eigenvalue weighted by molar-refractivity contribution is -0.254. The van der Waals surface area contributed by atoms with E-state index in [-0.39, 0.29) is 13.0 Å². The van der Waals surface area contributed by atoms with E-state index in [4.69, 9.17) is 37.6 Å². The van der Waals surface area contributed by atoms with Gasteiger partial charge in [0, 0.05) is 41.5 Å². The van der Waals surface area contributed by atoms with Gasteiger partial charge in [0.25, 0.3) is 8.32 Å². The van der Waals surface area contributed by atoms with Crippen molar-refractivity contribution in [2.24, 2.45) is 0 Å². The summed E-state index contributed by atoms with van der Waals surface area (Å²) in [5, 5.41) is 5.10. The summed E-state index contributed by atoms with van der Waals surface area (Å²) >= 11 is 0. The van der Waals surface area contributed by atoms with E-state index >= 15 is 0 Å². The molecule has 0 amide bonds. The Balaban J connectivity index is 1.78. The van der Waals surface area contributed by atoms with E-state index in [0.29, 0.717) is 0 Å². The molecule has 2 fully saturated rings. The summed E-state index contributed by atoms with van der Waals surface area (Å²) in [6, 6.07) is 18.3. The Hall–Kier alpha value is -4.64. The number of hydrogen-bond acceptors (Lipinski definition) is 15. The summed E-state index contributed by atoms with van der Waals surface area (Å²) in [5.41, 5.74) is 0. The van der Waals surface area contributed by atoms with Crippen LogP contribution in [0.4, 0.5) is 0 Å². The van der Waals surface area contributed by atoms with Crippen molar-refractivity contribution in [1.82, 2.24) is 5.32 Å². The molecule has 15 nitrogen and oxygen atoms in total. The van der Waals surface area contributed by atoms with Crippen LogP contribution >= 0.6 is 0 Å². The van der Waals surface area contributed by atoms with Crippen LogP contribution in [-0.2, 0) is 66.4 Å². The normalized spacial score (nSPS) is 26.3.